The van der Waals surface area contributed by atoms with Crippen molar-refractivity contribution in [1.82, 2.24) is 15.0 Å². The van der Waals surface area contributed by atoms with Crippen LogP contribution < -0.4 is 10.0 Å². The van der Waals surface area contributed by atoms with Gasteiger partial charge in [0, 0.05) is 19.2 Å². The van der Waals surface area contributed by atoms with Gasteiger partial charge in [0.25, 0.3) is 5.91 Å². The van der Waals surface area contributed by atoms with Crippen LogP contribution in [-0.4, -0.2) is 32.9 Å². The normalized spacial score (nSPS) is 14.0. The highest BCUT2D eigenvalue weighted by atomic mass is 32.2. The van der Waals surface area contributed by atoms with Crippen LogP contribution in [0.25, 0.3) is 22.4 Å². The fourth-order valence-corrected chi connectivity index (χ4v) is 5.21. The van der Waals surface area contributed by atoms with Gasteiger partial charge in [-0.05, 0) is 55.4 Å². The minimum atomic E-state index is -3.58. The van der Waals surface area contributed by atoms with E-state index in [9.17, 15) is 17.6 Å². The first-order chi connectivity index (χ1) is 16.2. The van der Waals surface area contributed by atoms with Crippen LogP contribution in [0.15, 0.2) is 28.7 Å². The van der Waals surface area contributed by atoms with Gasteiger partial charge in [-0.25, -0.2) is 22.5 Å². The number of furan rings is 1. The van der Waals surface area contributed by atoms with E-state index in [1.807, 2.05) is 6.07 Å². The standard InChI is InChI=1S/C25H30FN3O4S/c1-4-5-6-11-28-34(31,32)14-21-18(16-9-10-16)13-19-22(24(30)27-3)23(33-25(19)29-21)17-8-7-15(2)20(26)12-17/h7-8,12-13,16,28H,4-6,9-11,14H2,1-3H3,(H,27,30). The number of carbonyl (C=O) groups excluding carboxylic acids is 1. The topological polar surface area (TPSA) is 101 Å². The summed E-state index contributed by atoms with van der Waals surface area (Å²) in [6.45, 7) is 4.11. The van der Waals surface area contributed by atoms with E-state index < -0.39 is 15.8 Å². The predicted molar refractivity (Wildman–Crippen MR) is 130 cm³/mol. The Bertz CT molecular complexity index is 1330. The SMILES string of the molecule is CCCCCNS(=O)(=O)Cc1nc2oc(-c3ccc(C)c(F)c3)c(C(=O)NC)c2cc1C1CC1. The average Bonchev–Trinajstić information content (AvgIpc) is 3.58. The first-order valence-corrected chi connectivity index (χ1v) is 13.3. The van der Waals surface area contributed by atoms with E-state index in [0.29, 0.717) is 28.8 Å². The van der Waals surface area contributed by atoms with Crippen molar-refractivity contribution in [3.05, 3.63) is 52.5 Å². The predicted octanol–water partition coefficient (Wildman–Crippen LogP) is 4.79. The summed E-state index contributed by atoms with van der Waals surface area (Å²) in [5.74, 6) is -0.634. The number of carbonyl (C=O) groups is 1. The Balaban J connectivity index is 1.79. The van der Waals surface area contributed by atoms with Gasteiger partial charge in [-0.1, -0.05) is 31.9 Å². The number of aromatic nitrogens is 1. The summed E-state index contributed by atoms with van der Waals surface area (Å²) in [5, 5.41) is 3.11. The zero-order valence-corrected chi connectivity index (χ0v) is 20.5. The molecule has 7 nitrogen and oxygen atoms in total. The van der Waals surface area contributed by atoms with Crippen LogP contribution in [0.2, 0.25) is 0 Å². The number of rotatable bonds is 10. The number of sulfonamides is 1. The first kappa shape index (κ1) is 24.3. The molecule has 2 N–H and O–H groups in total. The lowest BCUT2D eigenvalue weighted by atomic mass is 10.0. The summed E-state index contributed by atoms with van der Waals surface area (Å²) >= 11 is 0. The lowest BCUT2D eigenvalue weighted by molar-refractivity contribution is 0.0964. The highest BCUT2D eigenvalue weighted by molar-refractivity contribution is 7.88. The summed E-state index contributed by atoms with van der Waals surface area (Å²) in [7, 11) is -2.07. The molecule has 2 heterocycles. The molecule has 182 valence electrons. The van der Waals surface area contributed by atoms with Gasteiger partial charge in [0.15, 0.2) is 0 Å². The Labute approximate surface area is 199 Å². The molecular formula is C25H30FN3O4S. The van der Waals surface area contributed by atoms with E-state index in [4.69, 9.17) is 4.42 Å². The van der Waals surface area contributed by atoms with Gasteiger partial charge in [-0.3, -0.25) is 4.79 Å². The van der Waals surface area contributed by atoms with Gasteiger partial charge in [-0.2, -0.15) is 0 Å². The lowest BCUT2D eigenvalue weighted by Crippen LogP contribution is -2.27. The van der Waals surface area contributed by atoms with Crippen molar-refractivity contribution in [2.24, 2.45) is 0 Å². The van der Waals surface area contributed by atoms with Crippen LogP contribution >= 0.6 is 0 Å². The zero-order valence-electron chi connectivity index (χ0n) is 19.7. The second-order valence-corrected chi connectivity index (χ2v) is 10.7. The second kappa shape index (κ2) is 9.84. The second-order valence-electron chi connectivity index (χ2n) is 8.86. The lowest BCUT2D eigenvalue weighted by Gasteiger charge is -2.10. The minimum Gasteiger partial charge on any atom is -0.437 e. The van der Waals surface area contributed by atoms with Gasteiger partial charge in [0.1, 0.15) is 17.3 Å². The number of benzene rings is 1. The maximum atomic E-state index is 14.3. The molecule has 0 atom stereocenters. The molecule has 1 aliphatic rings. The number of nitrogens with zero attached hydrogens (tertiary/aromatic N) is 1. The molecule has 4 rings (SSSR count). The third-order valence-electron chi connectivity index (χ3n) is 6.13. The molecule has 0 spiro atoms. The highest BCUT2D eigenvalue weighted by Crippen LogP contribution is 2.44. The molecule has 1 aliphatic carbocycles. The number of aryl methyl sites for hydroxylation is 1. The van der Waals surface area contributed by atoms with E-state index >= 15 is 0 Å². The van der Waals surface area contributed by atoms with E-state index in [-0.39, 0.29) is 34.6 Å². The number of amides is 1. The van der Waals surface area contributed by atoms with Crippen molar-refractivity contribution in [1.29, 1.82) is 0 Å². The number of unbranched alkanes of at least 4 members (excludes halogenated alkanes) is 2. The van der Waals surface area contributed by atoms with Gasteiger partial charge in [-0.15, -0.1) is 0 Å². The van der Waals surface area contributed by atoms with Crippen molar-refractivity contribution < 1.29 is 22.0 Å². The fraction of sp³-hybridized carbons (Fsp3) is 0.440. The maximum Gasteiger partial charge on any atom is 0.255 e. The number of hydrogen-bond donors (Lipinski definition) is 2. The average molecular weight is 488 g/mol. The van der Waals surface area contributed by atoms with Crippen LogP contribution in [-0.2, 0) is 15.8 Å². The molecule has 1 saturated carbocycles. The first-order valence-electron chi connectivity index (χ1n) is 11.7. The zero-order chi connectivity index (χ0) is 24.5. The highest BCUT2D eigenvalue weighted by Gasteiger charge is 2.32. The van der Waals surface area contributed by atoms with E-state index in [0.717, 1.165) is 37.7 Å². The van der Waals surface area contributed by atoms with E-state index in [2.05, 4.69) is 21.9 Å². The number of halogens is 1. The molecule has 0 unspecified atom stereocenters. The van der Waals surface area contributed by atoms with Crippen molar-refractivity contribution in [3.8, 4) is 11.3 Å². The summed E-state index contributed by atoms with van der Waals surface area (Å²) < 4.78 is 48.4. The quantitative estimate of drug-likeness (QED) is 0.401. The van der Waals surface area contributed by atoms with Crippen LogP contribution in [0.5, 0.6) is 0 Å². The van der Waals surface area contributed by atoms with Crippen LogP contribution in [0.1, 0.15) is 72.1 Å². The molecule has 0 bridgehead atoms. The molecule has 1 amide bonds. The van der Waals surface area contributed by atoms with E-state index in [1.165, 1.54) is 13.1 Å². The van der Waals surface area contributed by atoms with Crippen LogP contribution in [0.3, 0.4) is 0 Å². The molecule has 9 heteroatoms. The van der Waals surface area contributed by atoms with Crippen molar-refractivity contribution in [3.63, 3.8) is 0 Å². The largest absolute Gasteiger partial charge is 0.437 e. The van der Waals surface area contributed by atoms with Crippen molar-refractivity contribution >= 4 is 27.0 Å². The smallest absolute Gasteiger partial charge is 0.255 e. The Morgan fingerprint density at radius 1 is 1.24 bits per heavy atom. The summed E-state index contributed by atoms with van der Waals surface area (Å²) in [5.41, 5.74) is 2.57. The number of hydrogen-bond acceptors (Lipinski definition) is 5. The van der Waals surface area contributed by atoms with Gasteiger partial charge in [0.2, 0.25) is 15.7 Å². The molecule has 2 aromatic heterocycles. The third kappa shape index (κ3) is 5.15. The maximum absolute atomic E-state index is 14.3. The Morgan fingerprint density at radius 3 is 2.65 bits per heavy atom. The van der Waals surface area contributed by atoms with Crippen LogP contribution in [0.4, 0.5) is 4.39 Å². The van der Waals surface area contributed by atoms with Crippen molar-refractivity contribution in [2.75, 3.05) is 13.6 Å². The molecule has 3 aromatic rings. The molecule has 34 heavy (non-hydrogen) atoms. The summed E-state index contributed by atoms with van der Waals surface area (Å²) in [6.07, 6.45) is 4.62. The third-order valence-corrected chi connectivity index (χ3v) is 7.43. The molecule has 0 radical (unpaired) electrons. The monoisotopic (exact) mass is 487 g/mol. The number of pyridine rings is 1. The molecule has 1 aromatic carbocycles. The van der Waals surface area contributed by atoms with Crippen molar-refractivity contribution in [2.45, 2.75) is 57.6 Å². The molecule has 0 saturated heterocycles. The molecule has 1 fully saturated rings. The summed E-state index contributed by atoms with van der Waals surface area (Å²) in [4.78, 5) is 17.4. The number of nitrogens with one attached hydrogen (secondary N) is 2. The van der Waals surface area contributed by atoms with Gasteiger partial charge >= 0.3 is 0 Å². The van der Waals surface area contributed by atoms with Gasteiger partial charge < -0.3 is 9.73 Å². The molecular weight excluding hydrogens is 457 g/mol. The summed E-state index contributed by atoms with van der Waals surface area (Å²) in [6, 6.07) is 6.46. The Hall–Kier alpha value is -2.78. The van der Waals surface area contributed by atoms with Crippen LogP contribution in [0, 0.1) is 12.7 Å². The van der Waals surface area contributed by atoms with E-state index in [1.54, 1.807) is 19.1 Å². The Kier molecular flexibility index (Phi) is 7.04. The fourth-order valence-electron chi connectivity index (χ4n) is 4.06. The minimum absolute atomic E-state index is 0.162. The van der Waals surface area contributed by atoms with Gasteiger partial charge in [0.05, 0.1) is 16.6 Å². The Morgan fingerprint density at radius 2 is 2.00 bits per heavy atom. The molecule has 0 aliphatic heterocycles. The number of fused-ring (bicyclic) bond motifs is 1.